The average molecular weight is 367 g/mol. The van der Waals surface area contributed by atoms with E-state index in [2.05, 4.69) is 5.32 Å². The molecule has 2 atom stereocenters. The number of hydrogen-bond donors (Lipinski definition) is 3. The highest BCUT2D eigenvalue weighted by Gasteiger charge is 2.58. The van der Waals surface area contributed by atoms with Crippen LogP contribution in [0.5, 0.6) is 0 Å². The third-order valence-corrected chi connectivity index (χ3v) is 5.20. The molecular formula is C21H21NO5. The Bertz CT molecular complexity index is 850. The van der Waals surface area contributed by atoms with Crippen molar-refractivity contribution < 1.29 is 24.6 Å². The van der Waals surface area contributed by atoms with E-state index in [9.17, 15) is 24.6 Å². The highest BCUT2D eigenvalue weighted by Crippen LogP contribution is 2.57. The molecule has 6 heteroatoms. The lowest BCUT2D eigenvalue weighted by Crippen LogP contribution is -2.50. The Labute approximate surface area is 156 Å². The van der Waals surface area contributed by atoms with E-state index in [-0.39, 0.29) is 5.91 Å². The Kier molecular flexibility index (Phi) is 4.99. The first-order valence-electron chi connectivity index (χ1n) is 8.69. The van der Waals surface area contributed by atoms with Crippen molar-refractivity contribution in [1.29, 1.82) is 0 Å². The fourth-order valence-corrected chi connectivity index (χ4v) is 3.97. The molecule has 6 nitrogen and oxygen atoms in total. The molecule has 2 unspecified atom stereocenters. The van der Waals surface area contributed by atoms with Crippen LogP contribution in [-0.2, 0) is 14.4 Å². The van der Waals surface area contributed by atoms with Gasteiger partial charge in [-0.05, 0) is 30.2 Å². The summed E-state index contributed by atoms with van der Waals surface area (Å²) in [6.07, 6.45) is 0. The molecule has 0 spiro atoms. The maximum atomic E-state index is 11.9. The monoisotopic (exact) mass is 367 g/mol. The first kappa shape index (κ1) is 18.6. The molecule has 1 saturated carbocycles. The Morgan fingerprint density at radius 2 is 1.19 bits per heavy atom. The molecule has 2 aromatic rings. The molecule has 0 aliphatic heterocycles. The van der Waals surface area contributed by atoms with E-state index in [0.29, 0.717) is 11.3 Å². The van der Waals surface area contributed by atoms with Crippen LogP contribution in [0.3, 0.4) is 0 Å². The van der Waals surface area contributed by atoms with Gasteiger partial charge in [-0.15, -0.1) is 0 Å². The van der Waals surface area contributed by atoms with Crippen LogP contribution in [0.15, 0.2) is 48.5 Å². The lowest BCUT2D eigenvalue weighted by Gasteiger charge is -2.48. The smallest absolute Gasteiger partial charge is 0.307 e. The normalized spacial score (nSPS) is 23.9. The summed E-state index contributed by atoms with van der Waals surface area (Å²) >= 11 is 0. The first-order chi connectivity index (χ1) is 12.8. The number of anilines is 1. The van der Waals surface area contributed by atoms with E-state index in [0.717, 1.165) is 11.1 Å². The van der Waals surface area contributed by atoms with Crippen molar-refractivity contribution in [3.05, 3.63) is 65.2 Å². The first-order valence-corrected chi connectivity index (χ1v) is 8.69. The lowest BCUT2D eigenvalue weighted by atomic mass is 9.52. The number of carboxylic acids is 2. The maximum Gasteiger partial charge on any atom is 0.307 e. The second-order valence-corrected chi connectivity index (χ2v) is 6.99. The fourth-order valence-electron chi connectivity index (χ4n) is 3.97. The van der Waals surface area contributed by atoms with Crippen LogP contribution in [0.4, 0.5) is 5.69 Å². The van der Waals surface area contributed by atoms with Gasteiger partial charge in [0.05, 0.1) is 11.8 Å². The number of benzene rings is 2. The van der Waals surface area contributed by atoms with Gasteiger partial charge in [-0.3, -0.25) is 14.4 Å². The van der Waals surface area contributed by atoms with Crippen molar-refractivity contribution in [2.45, 2.75) is 25.7 Å². The number of carbonyl (C=O) groups excluding carboxylic acids is 1. The molecule has 1 amide bonds. The van der Waals surface area contributed by atoms with Crippen LogP contribution >= 0.6 is 0 Å². The molecule has 0 saturated heterocycles. The SMILES string of the molecule is CC(=O)Nc1ccc(C2C(C(=O)O)C(c3ccc(C)cc3)C2C(=O)O)cc1. The average Bonchev–Trinajstić information content (AvgIpc) is 2.56. The van der Waals surface area contributed by atoms with Crippen LogP contribution < -0.4 is 5.32 Å². The number of hydrogen-bond acceptors (Lipinski definition) is 3. The largest absolute Gasteiger partial charge is 0.481 e. The van der Waals surface area contributed by atoms with Crippen LogP contribution in [0.2, 0.25) is 0 Å². The van der Waals surface area contributed by atoms with Crippen molar-refractivity contribution in [2.75, 3.05) is 5.32 Å². The number of aryl methyl sites for hydroxylation is 1. The van der Waals surface area contributed by atoms with E-state index in [4.69, 9.17) is 0 Å². The van der Waals surface area contributed by atoms with Gasteiger partial charge < -0.3 is 15.5 Å². The zero-order valence-corrected chi connectivity index (χ0v) is 15.0. The van der Waals surface area contributed by atoms with Gasteiger partial charge in [0, 0.05) is 24.4 Å². The molecule has 2 aromatic carbocycles. The second kappa shape index (κ2) is 7.23. The van der Waals surface area contributed by atoms with Crippen molar-refractivity contribution in [2.24, 2.45) is 11.8 Å². The van der Waals surface area contributed by atoms with Gasteiger partial charge in [-0.25, -0.2) is 0 Å². The summed E-state index contributed by atoms with van der Waals surface area (Å²) in [7, 11) is 0. The maximum absolute atomic E-state index is 11.9. The summed E-state index contributed by atoms with van der Waals surface area (Å²) in [5, 5.41) is 22.2. The molecule has 140 valence electrons. The minimum Gasteiger partial charge on any atom is -0.481 e. The van der Waals surface area contributed by atoms with Gasteiger partial charge >= 0.3 is 11.9 Å². The minimum absolute atomic E-state index is 0.211. The van der Waals surface area contributed by atoms with Gasteiger partial charge in [0.15, 0.2) is 0 Å². The standard InChI is InChI=1S/C21H21NO5/c1-11-3-5-13(6-4-11)16-18(20(24)25)17(19(16)21(26)27)14-7-9-15(10-8-14)22-12(2)23/h3-10,16-19H,1-2H3,(H,22,23)(H,24,25)(H,26,27). The number of amides is 1. The van der Waals surface area contributed by atoms with E-state index >= 15 is 0 Å². The second-order valence-electron chi connectivity index (χ2n) is 6.99. The zero-order chi connectivity index (χ0) is 19.7. The lowest BCUT2D eigenvalue weighted by molar-refractivity contribution is -0.159. The van der Waals surface area contributed by atoms with E-state index in [1.807, 2.05) is 31.2 Å². The predicted molar refractivity (Wildman–Crippen MR) is 99.7 cm³/mol. The molecule has 0 aromatic heterocycles. The molecule has 0 heterocycles. The summed E-state index contributed by atoms with van der Waals surface area (Å²) in [5.41, 5.74) is 2.99. The molecule has 1 aliphatic rings. The van der Waals surface area contributed by atoms with Crippen LogP contribution in [0.1, 0.15) is 35.4 Å². The van der Waals surface area contributed by atoms with Gasteiger partial charge in [0.1, 0.15) is 0 Å². The summed E-state index contributed by atoms with van der Waals surface area (Å²) in [4.78, 5) is 35.0. The Morgan fingerprint density at radius 1 is 0.778 bits per heavy atom. The van der Waals surface area contributed by atoms with E-state index < -0.39 is 35.6 Å². The van der Waals surface area contributed by atoms with Crippen molar-refractivity contribution >= 4 is 23.5 Å². The number of rotatable bonds is 5. The summed E-state index contributed by atoms with van der Waals surface area (Å²) in [6.45, 7) is 3.32. The molecule has 27 heavy (non-hydrogen) atoms. The third kappa shape index (κ3) is 3.56. The number of nitrogens with one attached hydrogen (secondary N) is 1. The molecule has 3 rings (SSSR count). The Morgan fingerprint density at radius 3 is 1.56 bits per heavy atom. The Balaban J connectivity index is 1.96. The van der Waals surface area contributed by atoms with Crippen molar-refractivity contribution in [3.8, 4) is 0 Å². The number of carbonyl (C=O) groups is 3. The molecule has 1 fully saturated rings. The highest BCUT2D eigenvalue weighted by molar-refractivity contribution is 5.88. The van der Waals surface area contributed by atoms with E-state index in [1.165, 1.54) is 6.92 Å². The highest BCUT2D eigenvalue weighted by atomic mass is 16.4. The summed E-state index contributed by atoms with van der Waals surface area (Å²) < 4.78 is 0. The predicted octanol–water partition coefficient (Wildman–Crippen LogP) is 3.24. The van der Waals surface area contributed by atoms with E-state index in [1.54, 1.807) is 24.3 Å². The molecule has 3 N–H and O–H groups in total. The van der Waals surface area contributed by atoms with Crippen molar-refractivity contribution in [1.82, 2.24) is 0 Å². The van der Waals surface area contributed by atoms with Crippen molar-refractivity contribution in [3.63, 3.8) is 0 Å². The van der Waals surface area contributed by atoms with Gasteiger partial charge in [0.2, 0.25) is 5.91 Å². The Hall–Kier alpha value is -3.15. The zero-order valence-electron chi connectivity index (χ0n) is 15.0. The van der Waals surface area contributed by atoms with Crippen LogP contribution in [0, 0.1) is 18.8 Å². The summed E-state index contributed by atoms with van der Waals surface area (Å²) in [6, 6.07) is 14.0. The number of carboxylic acid groups (broad SMARTS) is 2. The third-order valence-electron chi connectivity index (χ3n) is 5.20. The molecule has 0 bridgehead atoms. The topological polar surface area (TPSA) is 104 Å². The fraction of sp³-hybridized carbons (Fsp3) is 0.286. The molecular weight excluding hydrogens is 346 g/mol. The molecule has 0 radical (unpaired) electrons. The van der Waals surface area contributed by atoms with Gasteiger partial charge in [-0.1, -0.05) is 42.0 Å². The number of aliphatic carboxylic acids is 2. The van der Waals surface area contributed by atoms with Gasteiger partial charge in [-0.2, -0.15) is 0 Å². The van der Waals surface area contributed by atoms with Crippen LogP contribution in [0.25, 0.3) is 0 Å². The summed E-state index contributed by atoms with van der Waals surface area (Å²) in [5.74, 6) is -5.07. The quantitative estimate of drug-likeness (QED) is 0.753. The molecule has 1 aliphatic carbocycles. The van der Waals surface area contributed by atoms with Gasteiger partial charge in [0.25, 0.3) is 0 Å². The minimum atomic E-state index is -1.01. The van der Waals surface area contributed by atoms with Crippen LogP contribution in [-0.4, -0.2) is 28.1 Å².